The molecule has 7 heteroatoms. The molecule has 178 valence electrons. The lowest BCUT2D eigenvalue weighted by molar-refractivity contribution is -0.130. The molecule has 2 N–H and O–H groups in total. The molecule has 1 saturated carbocycles. The van der Waals surface area contributed by atoms with Gasteiger partial charge in [-0.05, 0) is 42.6 Å². The number of carbonyl (C=O) groups is 2. The van der Waals surface area contributed by atoms with Gasteiger partial charge in [-0.25, -0.2) is 0 Å². The van der Waals surface area contributed by atoms with Crippen LogP contribution in [0.1, 0.15) is 32.6 Å². The maximum Gasteiger partial charge on any atom is 0.219 e. The van der Waals surface area contributed by atoms with Gasteiger partial charge >= 0.3 is 0 Å². The average Bonchev–Trinajstić information content (AvgIpc) is 3.59. The Morgan fingerprint density at radius 3 is 2.39 bits per heavy atom. The van der Waals surface area contributed by atoms with Gasteiger partial charge in [-0.15, -0.1) is 0 Å². The smallest absolute Gasteiger partial charge is 0.219 e. The Morgan fingerprint density at radius 2 is 1.76 bits per heavy atom. The fraction of sp³-hybridized carbons (Fsp3) is 0.500. The number of amidine groups is 1. The standard InChI is InChI=1S/C15H17N3.C9H15NO.C2H5NO/c1-17-9-10-18(11-15(17)16)14-8-4-6-12-5-2-3-7-13(12)14;1-8(11)10-6-2-3-9(7-10)4-5-9;1-3-2-4/h2-8,16H,9-11H2,1H3;2-7H2,1H3;2H,1H3,(H,3,4). The number of fused-ring (bicyclic) bond motifs is 1. The number of nitrogens with zero attached hydrogens (tertiary/aromatic N) is 3. The van der Waals surface area contributed by atoms with E-state index >= 15 is 0 Å². The largest absolute Gasteiger partial charge is 0.362 e. The van der Waals surface area contributed by atoms with Crippen molar-refractivity contribution in [3.63, 3.8) is 0 Å². The van der Waals surface area contributed by atoms with Gasteiger partial charge in [0, 0.05) is 58.3 Å². The number of hydrogen-bond acceptors (Lipinski definition) is 4. The van der Waals surface area contributed by atoms with E-state index in [0.717, 1.165) is 26.2 Å². The third kappa shape index (κ3) is 6.46. The number of piperazine rings is 1. The molecule has 2 saturated heterocycles. The summed E-state index contributed by atoms with van der Waals surface area (Å²) in [6.07, 6.45) is 5.92. The lowest BCUT2D eigenvalue weighted by Gasteiger charge is -2.36. The minimum Gasteiger partial charge on any atom is -0.362 e. The molecule has 5 rings (SSSR count). The van der Waals surface area contributed by atoms with Crippen LogP contribution in [-0.4, -0.2) is 74.8 Å². The molecule has 1 spiro atoms. The zero-order valence-corrected chi connectivity index (χ0v) is 20.1. The molecule has 7 nitrogen and oxygen atoms in total. The number of benzene rings is 2. The lowest BCUT2D eigenvalue weighted by atomic mass is 9.95. The van der Waals surface area contributed by atoms with Crippen LogP contribution >= 0.6 is 0 Å². The van der Waals surface area contributed by atoms with Crippen LogP contribution in [-0.2, 0) is 9.59 Å². The van der Waals surface area contributed by atoms with Crippen LogP contribution in [0.4, 0.5) is 5.69 Å². The van der Waals surface area contributed by atoms with Gasteiger partial charge in [-0.1, -0.05) is 36.4 Å². The van der Waals surface area contributed by atoms with E-state index in [1.54, 1.807) is 14.0 Å². The third-order valence-corrected chi connectivity index (χ3v) is 6.80. The van der Waals surface area contributed by atoms with Crippen molar-refractivity contribution in [2.24, 2.45) is 5.41 Å². The molecule has 2 amide bonds. The van der Waals surface area contributed by atoms with Crippen LogP contribution in [0, 0.1) is 10.8 Å². The summed E-state index contributed by atoms with van der Waals surface area (Å²) in [5, 5.41) is 12.8. The predicted molar refractivity (Wildman–Crippen MR) is 135 cm³/mol. The Bertz CT molecular complexity index is 967. The number of likely N-dealkylation sites (N-methyl/N-ethyl adjacent to an activating group) is 1. The van der Waals surface area contributed by atoms with Gasteiger partial charge < -0.3 is 20.0 Å². The third-order valence-electron chi connectivity index (χ3n) is 6.80. The van der Waals surface area contributed by atoms with Crippen LogP contribution in [0.5, 0.6) is 0 Å². The van der Waals surface area contributed by atoms with Crippen molar-refractivity contribution >= 4 is 34.6 Å². The molecular formula is C26H37N5O2. The molecule has 2 heterocycles. The van der Waals surface area contributed by atoms with Gasteiger partial charge in [0.1, 0.15) is 5.84 Å². The summed E-state index contributed by atoms with van der Waals surface area (Å²) in [7, 11) is 3.55. The maximum absolute atomic E-state index is 11.0. The van der Waals surface area contributed by atoms with E-state index in [9.17, 15) is 4.79 Å². The van der Waals surface area contributed by atoms with Gasteiger partial charge in [0.25, 0.3) is 0 Å². The zero-order valence-electron chi connectivity index (χ0n) is 20.1. The summed E-state index contributed by atoms with van der Waals surface area (Å²) in [5.74, 6) is 0.949. The highest BCUT2D eigenvalue weighted by atomic mass is 16.2. The number of rotatable bonds is 2. The van der Waals surface area contributed by atoms with Crippen molar-refractivity contribution in [2.45, 2.75) is 32.6 Å². The summed E-state index contributed by atoms with van der Waals surface area (Å²) >= 11 is 0. The topological polar surface area (TPSA) is 79.7 Å². The van der Waals surface area contributed by atoms with Gasteiger partial charge in [-0.2, -0.15) is 0 Å². The second kappa shape index (κ2) is 11.2. The number of piperidine rings is 1. The van der Waals surface area contributed by atoms with Crippen molar-refractivity contribution in [1.82, 2.24) is 15.1 Å². The van der Waals surface area contributed by atoms with E-state index in [1.165, 1.54) is 42.1 Å². The SMILES string of the molecule is CC(=O)N1CCCC2(CC2)C1.CN1CCN(c2cccc3ccccc23)CC1=N.CNC=O. The molecule has 0 unspecified atom stereocenters. The minimum atomic E-state index is 0.260. The Labute approximate surface area is 197 Å². The lowest BCUT2D eigenvalue weighted by Crippen LogP contribution is -2.48. The summed E-state index contributed by atoms with van der Waals surface area (Å²) < 4.78 is 0. The van der Waals surface area contributed by atoms with E-state index in [0.29, 0.717) is 24.2 Å². The average molecular weight is 452 g/mol. The molecule has 33 heavy (non-hydrogen) atoms. The summed E-state index contributed by atoms with van der Waals surface area (Å²) in [6.45, 7) is 6.32. The molecule has 0 aromatic heterocycles. The van der Waals surface area contributed by atoms with Gasteiger partial charge in [0.2, 0.25) is 12.3 Å². The van der Waals surface area contributed by atoms with Crippen molar-refractivity contribution in [3.05, 3.63) is 42.5 Å². The Kier molecular flexibility index (Phi) is 8.31. The highest BCUT2D eigenvalue weighted by Gasteiger charge is 2.45. The molecule has 2 aliphatic heterocycles. The number of anilines is 1. The highest BCUT2D eigenvalue weighted by molar-refractivity contribution is 5.96. The molecule has 1 aliphatic carbocycles. The monoisotopic (exact) mass is 451 g/mol. The number of hydrogen-bond donors (Lipinski definition) is 2. The van der Waals surface area contributed by atoms with E-state index < -0.39 is 0 Å². The Hall–Kier alpha value is -3.09. The van der Waals surface area contributed by atoms with Gasteiger partial charge in [0.05, 0.1) is 6.54 Å². The number of amides is 2. The van der Waals surface area contributed by atoms with Crippen molar-refractivity contribution < 1.29 is 9.59 Å². The zero-order chi connectivity index (χ0) is 23.8. The molecule has 3 fully saturated rings. The number of nitrogens with one attached hydrogen (secondary N) is 2. The second-order valence-electron chi connectivity index (χ2n) is 9.24. The number of likely N-dealkylation sites (tertiary alicyclic amines) is 1. The van der Waals surface area contributed by atoms with E-state index in [4.69, 9.17) is 10.2 Å². The van der Waals surface area contributed by atoms with Crippen molar-refractivity contribution in [1.29, 1.82) is 5.41 Å². The van der Waals surface area contributed by atoms with Crippen LogP contribution in [0.2, 0.25) is 0 Å². The van der Waals surface area contributed by atoms with Crippen LogP contribution in [0.3, 0.4) is 0 Å². The molecule has 0 bridgehead atoms. The minimum absolute atomic E-state index is 0.260. The molecule has 3 aliphatic rings. The molecule has 2 aromatic rings. The number of carbonyl (C=O) groups excluding carboxylic acids is 2. The Balaban J connectivity index is 0.000000173. The van der Waals surface area contributed by atoms with Crippen LogP contribution < -0.4 is 10.2 Å². The fourth-order valence-corrected chi connectivity index (χ4v) is 4.54. The van der Waals surface area contributed by atoms with E-state index in [2.05, 4.69) is 52.7 Å². The van der Waals surface area contributed by atoms with Crippen LogP contribution in [0.25, 0.3) is 10.8 Å². The first-order valence-corrected chi connectivity index (χ1v) is 11.8. The van der Waals surface area contributed by atoms with Gasteiger partial charge in [-0.3, -0.25) is 15.0 Å². The maximum atomic E-state index is 11.0. The summed E-state index contributed by atoms with van der Waals surface area (Å²) in [6, 6.07) is 14.8. The Morgan fingerprint density at radius 1 is 1.06 bits per heavy atom. The molecule has 0 radical (unpaired) electrons. The first-order chi connectivity index (χ1) is 15.9. The first-order valence-electron chi connectivity index (χ1n) is 11.8. The molecular weight excluding hydrogens is 414 g/mol. The summed E-state index contributed by atoms with van der Waals surface area (Å²) in [4.78, 5) is 26.4. The van der Waals surface area contributed by atoms with Crippen molar-refractivity contribution in [3.8, 4) is 0 Å². The van der Waals surface area contributed by atoms with Gasteiger partial charge in [0.15, 0.2) is 0 Å². The normalized spacial score (nSPS) is 18.6. The molecule has 0 atom stereocenters. The molecule has 2 aromatic carbocycles. The first kappa shape index (κ1) is 24.6. The van der Waals surface area contributed by atoms with E-state index in [1.807, 2.05) is 16.8 Å². The second-order valence-corrected chi connectivity index (χ2v) is 9.24. The summed E-state index contributed by atoms with van der Waals surface area (Å²) in [5.41, 5.74) is 1.83. The van der Waals surface area contributed by atoms with Crippen molar-refractivity contribution in [2.75, 3.05) is 51.7 Å². The van der Waals surface area contributed by atoms with E-state index in [-0.39, 0.29) is 5.91 Å². The highest BCUT2D eigenvalue weighted by Crippen LogP contribution is 2.51. The quantitative estimate of drug-likeness (QED) is 0.687. The predicted octanol–water partition coefficient (Wildman–Crippen LogP) is 3.34. The van der Waals surface area contributed by atoms with Crippen LogP contribution in [0.15, 0.2) is 42.5 Å². The fourth-order valence-electron chi connectivity index (χ4n) is 4.54.